The van der Waals surface area contributed by atoms with Gasteiger partial charge < -0.3 is 14.5 Å². The van der Waals surface area contributed by atoms with Crippen molar-refractivity contribution in [2.75, 3.05) is 26.8 Å². The maximum atomic E-state index is 12.8. The first kappa shape index (κ1) is 16.8. The van der Waals surface area contributed by atoms with Crippen LogP contribution in [0.3, 0.4) is 0 Å². The summed E-state index contributed by atoms with van der Waals surface area (Å²) in [5, 5.41) is 0.768. The van der Waals surface area contributed by atoms with Crippen molar-refractivity contribution in [2.24, 2.45) is 0 Å². The number of hydrogen-bond donors (Lipinski definition) is 1. The van der Waals surface area contributed by atoms with Crippen LogP contribution in [0.4, 0.5) is 13.2 Å². The fraction of sp³-hybridized carbons (Fsp3) is 0.438. The lowest BCUT2D eigenvalue weighted by molar-refractivity contribution is -0.237. The molecule has 1 aromatic carbocycles. The summed E-state index contributed by atoms with van der Waals surface area (Å²) in [5.41, 5.74) is 0.765. The zero-order valence-corrected chi connectivity index (χ0v) is 13.0. The van der Waals surface area contributed by atoms with Crippen LogP contribution < -0.4 is 10.3 Å². The van der Waals surface area contributed by atoms with E-state index in [1.165, 1.54) is 0 Å². The number of rotatable bonds is 3. The molecule has 0 spiro atoms. The second-order valence-electron chi connectivity index (χ2n) is 5.71. The fourth-order valence-corrected chi connectivity index (χ4v) is 2.76. The van der Waals surface area contributed by atoms with E-state index in [4.69, 9.17) is 9.47 Å². The maximum Gasteiger partial charge on any atom is 0.415 e. The molecule has 8 heteroatoms. The molecule has 0 radical (unpaired) electrons. The quantitative estimate of drug-likeness (QED) is 0.930. The first-order valence-corrected chi connectivity index (χ1v) is 7.47. The van der Waals surface area contributed by atoms with Crippen molar-refractivity contribution < 1.29 is 22.6 Å². The third-order valence-electron chi connectivity index (χ3n) is 4.04. The number of pyridine rings is 1. The Balaban J connectivity index is 1.84. The minimum absolute atomic E-state index is 0.0104. The van der Waals surface area contributed by atoms with Crippen LogP contribution >= 0.6 is 0 Å². The Bertz CT molecular complexity index is 788. The van der Waals surface area contributed by atoms with Crippen molar-refractivity contribution in [1.29, 1.82) is 0 Å². The van der Waals surface area contributed by atoms with Gasteiger partial charge in [0.1, 0.15) is 5.75 Å². The molecule has 5 nitrogen and oxygen atoms in total. The zero-order chi connectivity index (χ0) is 17.3. The van der Waals surface area contributed by atoms with E-state index in [9.17, 15) is 18.0 Å². The minimum atomic E-state index is -4.40. The Hall–Kier alpha value is -2.06. The van der Waals surface area contributed by atoms with Crippen molar-refractivity contribution in [1.82, 2.24) is 9.88 Å². The van der Waals surface area contributed by atoms with Crippen molar-refractivity contribution in [2.45, 2.75) is 18.8 Å². The van der Waals surface area contributed by atoms with Crippen LogP contribution in [0.15, 0.2) is 29.1 Å². The molecule has 24 heavy (non-hydrogen) atoms. The van der Waals surface area contributed by atoms with Crippen LogP contribution in [0.2, 0.25) is 0 Å². The third kappa shape index (κ3) is 3.54. The van der Waals surface area contributed by atoms with E-state index in [-0.39, 0.29) is 25.3 Å². The molecule has 1 N–H and O–H groups in total. The van der Waals surface area contributed by atoms with Gasteiger partial charge in [0.05, 0.1) is 13.7 Å². The SMILES string of the molecule is COc1ccc2[nH]c(=O)c(CN3CCO[C@@H](C(F)(F)F)C3)cc2c1. The highest BCUT2D eigenvalue weighted by Gasteiger charge is 2.43. The molecular weight excluding hydrogens is 325 g/mol. The van der Waals surface area contributed by atoms with Gasteiger partial charge in [0.2, 0.25) is 0 Å². The van der Waals surface area contributed by atoms with Gasteiger partial charge in [-0.2, -0.15) is 13.2 Å². The highest BCUT2D eigenvalue weighted by atomic mass is 19.4. The van der Waals surface area contributed by atoms with Gasteiger partial charge in [-0.05, 0) is 24.3 Å². The summed E-state index contributed by atoms with van der Waals surface area (Å²) < 4.78 is 48.3. The molecular formula is C16H17F3N2O3. The molecule has 1 atom stereocenters. The zero-order valence-electron chi connectivity index (χ0n) is 13.0. The predicted molar refractivity (Wildman–Crippen MR) is 82.2 cm³/mol. The number of nitrogens with zero attached hydrogens (tertiary/aromatic N) is 1. The summed E-state index contributed by atoms with van der Waals surface area (Å²) in [7, 11) is 1.54. The van der Waals surface area contributed by atoms with Crippen LogP contribution in [0, 0.1) is 0 Å². The van der Waals surface area contributed by atoms with Gasteiger partial charge in [-0.15, -0.1) is 0 Å². The average molecular weight is 342 g/mol. The monoisotopic (exact) mass is 342 g/mol. The summed E-state index contributed by atoms with van der Waals surface area (Å²) in [6.07, 6.45) is -6.21. The van der Waals surface area contributed by atoms with E-state index < -0.39 is 12.3 Å². The number of methoxy groups -OCH3 is 1. The van der Waals surface area contributed by atoms with Crippen molar-refractivity contribution in [3.63, 3.8) is 0 Å². The molecule has 1 fully saturated rings. The van der Waals surface area contributed by atoms with Crippen molar-refractivity contribution in [3.05, 3.63) is 40.2 Å². The molecule has 1 aromatic heterocycles. The number of alkyl halides is 3. The third-order valence-corrected chi connectivity index (χ3v) is 4.04. The largest absolute Gasteiger partial charge is 0.497 e. The van der Waals surface area contributed by atoms with Crippen LogP contribution in [0.1, 0.15) is 5.56 Å². The van der Waals surface area contributed by atoms with E-state index in [1.807, 2.05) is 0 Å². The number of morpholine rings is 1. The van der Waals surface area contributed by atoms with Gasteiger partial charge in [-0.25, -0.2) is 0 Å². The molecule has 0 unspecified atom stereocenters. The van der Waals surface area contributed by atoms with E-state index in [1.54, 1.807) is 36.3 Å². The number of fused-ring (bicyclic) bond motifs is 1. The molecule has 130 valence electrons. The first-order chi connectivity index (χ1) is 11.4. The molecule has 1 saturated heterocycles. The Morgan fingerprint density at radius 3 is 2.88 bits per heavy atom. The topological polar surface area (TPSA) is 54.6 Å². The number of nitrogens with one attached hydrogen (secondary N) is 1. The van der Waals surface area contributed by atoms with Gasteiger partial charge in [-0.1, -0.05) is 0 Å². The van der Waals surface area contributed by atoms with Crippen LogP contribution in [-0.4, -0.2) is 49.0 Å². The second-order valence-corrected chi connectivity index (χ2v) is 5.71. The predicted octanol–water partition coefficient (Wildman–Crippen LogP) is 2.30. The van der Waals surface area contributed by atoms with Crippen LogP contribution in [0.5, 0.6) is 5.75 Å². The number of hydrogen-bond acceptors (Lipinski definition) is 4. The average Bonchev–Trinajstić information content (AvgIpc) is 2.54. The standard InChI is InChI=1S/C16H17F3N2O3/c1-23-12-2-3-13-10(7-12)6-11(15(22)20-13)8-21-4-5-24-14(9-21)16(17,18)19/h2-3,6-7,14H,4-5,8-9H2,1H3,(H,20,22)/t14-/m1/s1. The lowest BCUT2D eigenvalue weighted by atomic mass is 10.1. The second kappa shape index (κ2) is 6.45. The van der Waals surface area contributed by atoms with Gasteiger partial charge in [-0.3, -0.25) is 9.69 Å². The summed E-state index contributed by atoms with van der Waals surface area (Å²) in [6.45, 7) is 0.198. The summed E-state index contributed by atoms with van der Waals surface area (Å²) >= 11 is 0. The van der Waals surface area contributed by atoms with E-state index in [0.717, 1.165) is 5.39 Å². The van der Waals surface area contributed by atoms with Crippen molar-refractivity contribution >= 4 is 10.9 Å². The van der Waals surface area contributed by atoms with Gasteiger partial charge >= 0.3 is 6.18 Å². The Kier molecular flexibility index (Phi) is 4.51. The number of ether oxygens (including phenoxy) is 2. The molecule has 3 rings (SSSR count). The van der Waals surface area contributed by atoms with E-state index in [2.05, 4.69) is 4.98 Å². The molecule has 0 aliphatic carbocycles. The molecule has 1 aliphatic rings. The van der Waals surface area contributed by atoms with E-state index >= 15 is 0 Å². The molecule has 2 aromatic rings. The molecule has 1 aliphatic heterocycles. The van der Waals surface area contributed by atoms with Gasteiger partial charge in [0.15, 0.2) is 6.10 Å². The molecule has 0 saturated carbocycles. The number of H-pyrrole nitrogens is 1. The maximum absolute atomic E-state index is 12.8. The molecule has 2 heterocycles. The minimum Gasteiger partial charge on any atom is -0.497 e. The lowest BCUT2D eigenvalue weighted by Crippen LogP contribution is -2.49. The van der Waals surface area contributed by atoms with Gasteiger partial charge in [0.25, 0.3) is 5.56 Å². The van der Waals surface area contributed by atoms with E-state index in [0.29, 0.717) is 23.4 Å². The highest BCUT2D eigenvalue weighted by Crippen LogP contribution is 2.26. The van der Waals surface area contributed by atoms with Gasteiger partial charge in [0, 0.05) is 36.1 Å². The number of benzene rings is 1. The summed E-state index contributed by atoms with van der Waals surface area (Å²) in [6, 6.07) is 6.92. The fourth-order valence-electron chi connectivity index (χ4n) is 2.76. The first-order valence-electron chi connectivity index (χ1n) is 7.47. The number of halogens is 3. The van der Waals surface area contributed by atoms with Crippen molar-refractivity contribution in [3.8, 4) is 5.75 Å². The number of aromatic nitrogens is 1. The number of aromatic amines is 1. The van der Waals surface area contributed by atoms with Crippen LogP contribution in [0.25, 0.3) is 10.9 Å². The lowest BCUT2D eigenvalue weighted by Gasteiger charge is -2.33. The summed E-state index contributed by atoms with van der Waals surface area (Å²) in [4.78, 5) is 16.5. The molecule has 0 amide bonds. The van der Waals surface area contributed by atoms with Crippen LogP contribution in [-0.2, 0) is 11.3 Å². The Morgan fingerprint density at radius 2 is 2.17 bits per heavy atom. The summed E-state index contributed by atoms with van der Waals surface area (Å²) in [5.74, 6) is 0.643. The molecule has 0 bridgehead atoms. The Morgan fingerprint density at radius 1 is 1.38 bits per heavy atom. The highest BCUT2D eigenvalue weighted by molar-refractivity contribution is 5.80. The normalized spacial score (nSPS) is 19.6. The Labute approximate surface area is 136 Å². The smallest absolute Gasteiger partial charge is 0.415 e.